The van der Waals surface area contributed by atoms with Crippen LogP contribution in [0.4, 0.5) is 0 Å². The Bertz CT molecular complexity index is 547. The minimum Gasteiger partial charge on any atom is -0.385 e. The first-order chi connectivity index (χ1) is 9.50. The lowest BCUT2D eigenvalue weighted by molar-refractivity contribution is 0.0782. The van der Waals surface area contributed by atoms with Crippen LogP contribution >= 0.6 is 23.1 Å². The van der Waals surface area contributed by atoms with Gasteiger partial charge < -0.3 is 9.84 Å². The molecule has 3 nitrogen and oxygen atoms in total. The number of aromatic nitrogens is 1. The Morgan fingerprint density at radius 3 is 2.60 bits per heavy atom. The van der Waals surface area contributed by atoms with Gasteiger partial charge in [-0.05, 0) is 26.0 Å². The van der Waals surface area contributed by atoms with Gasteiger partial charge in [0.05, 0.1) is 28.5 Å². The summed E-state index contributed by atoms with van der Waals surface area (Å²) in [5.41, 5.74) is -0.0325. The summed E-state index contributed by atoms with van der Waals surface area (Å²) in [6, 6.07) is 10.2. The Morgan fingerprint density at radius 1 is 1.30 bits per heavy atom. The smallest absolute Gasteiger partial charge is 0.104 e. The first-order valence-corrected chi connectivity index (χ1v) is 8.19. The van der Waals surface area contributed by atoms with Crippen LogP contribution in [0.5, 0.6) is 0 Å². The van der Waals surface area contributed by atoms with Crippen molar-refractivity contribution >= 4 is 23.1 Å². The fraction of sp³-hybridized carbons (Fsp3) is 0.400. The highest BCUT2D eigenvalue weighted by Gasteiger charge is 2.24. The molecule has 0 atom stereocenters. The zero-order valence-electron chi connectivity index (χ0n) is 11.9. The first kappa shape index (κ1) is 15.5. The highest BCUT2D eigenvalue weighted by Crippen LogP contribution is 2.33. The lowest BCUT2D eigenvalue weighted by atomic mass is 10.1. The van der Waals surface area contributed by atoms with Crippen molar-refractivity contribution in [3.05, 3.63) is 45.9 Å². The summed E-state index contributed by atoms with van der Waals surface area (Å²) in [6.45, 7) is 4.01. The average molecular weight is 309 g/mol. The fourth-order valence-corrected chi connectivity index (χ4v) is 3.82. The molecule has 2 aromatic rings. The van der Waals surface area contributed by atoms with Crippen molar-refractivity contribution in [3.8, 4) is 0 Å². The second-order valence-electron chi connectivity index (χ2n) is 4.98. The van der Waals surface area contributed by atoms with Crippen molar-refractivity contribution in [1.29, 1.82) is 0 Å². The quantitative estimate of drug-likeness (QED) is 0.824. The summed E-state index contributed by atoms with van der Waals surface area (Å²) >= 11 is 3.31. The fourth-order valence-electron chi connectivity index (χ4n) is 1.84. The van der Waals surface area contributed by atoms with Gasteiger partial charge in [0.1, 0.15) is 5.01 Å². The number of methoxy groups -OCH3 is 1. The molecule has 108 valence electrons. The Labute approximate surface area is 128 Å². The summed E-state index contributed by atoms with van der Waals surface area (Å²) < 4.78 is 5.17. The van der Waals surface area contributed by atoms with Crippen LogP contribution in [0.1, 0.15) is 29.4 Å². The number of aliphatic hydroxyl groups is 1. The molecule has 0 spiro atoms. The van der Waals surface area contributed by atoms with Crippen LogP contribution in [0.2, 0.25) is 0 Å². The van der Waals surface area contributed by atoms with E-state index in [0.717, 1.165) is 21.3 Å². The maximum Gasteiger partial charge on any atom is 0.104 e. The zero-order valence-corrected chi connectivity index (χ0v) is 13.6. The summed E-state index contributed by atoms with van der Waals surface area (Å²) in [6.07, 6.45) is 0. The molecule has 0 bridgehead atoms. The summed E-state index contributed by atoms with van der Waals surface area (Å²) in [5, 5.41) is 11.2. The zero-order chi connectivity index (χ0) is 14.6. The third kappa shape index (κ3) is 4.06. The predicted molar refractivity (Wildman–Crippen MR) is 84.1 cm³/mol. The largest absolute Gasteiger partial charge is 0.385 e. The van der Waals surface area contributed by atoms with Gasteiger partial charge >= 0.3 is 0 Å². The first-order valence-electron chi connectivity index (χ1n) is 6.39. The van der Waals surface area contributed by atoms with E-state index in [9.17, 15) is 5.11 Å². The molecular formula is C15H19NO2S2. The van der Waals surface area contributed by atoms with Gasteiger partial charge in [-0.2, -0.15) is 0 Å². The molecule has 20 heavy (non-hydrogen) atoms. The molecule has 0 saturated carbocycles. The van der Waals surface area contributed by atoms with E-state index in [0.29, 0.717) is 6.61 Å². The lowest BCUT2D eigenvalue weighted by Crippen LogP contribution is -2.16. The van der Waals surface area contributed by atoms with E-state index in [1.54, 1.807) is 44.1 Å². The van der Waals surface area contributed by atoms with Gasteiger partial charge in [-0.15, -0.1) is 23.1 Å². The third-order valence-electron chi connectivity index (χ3n) is 2.68. The van der Waals surface area contributed by atoms with Crippen LogP contribution in [0.25, 0.3) is 0 Å². The Balaban J connectivity index is 2.12. The summed E-state index contributed by atoms with van der Waals surface area (Å²) in [5.74, 6) is 0.807. The van der Waals surface area contributed by atoms with Gasteiger partial charge in [-0.1, -0.05) is 18.2 Å². The molecule has 1 N–H and O–H groups in total. The van der Waals surface area contributed by atoms with Crippen LogP contribution in [0.3, 0.4) is 0 Å². The van der Waals surface area contributed by atoms with Gasteiger partial charge in [0, 0.05) is 12.0 Å². The highest BCUT2D eigenvalue weighted by molar-refractivity contribution is 7.98. The van der Waals surface area contributed by atoms with E-state index < -0.39 is 5.60 Å². The van der Waals surface area contributed by atoms with Gasteiger partial charge in [0.15, 0.2) is 0 Å². The summed E-state index contributed by atoms with van der Waals surface area (Å²) in [7, 11) is 1.64. The minimum atomic E-state index is -0.874. The molecule has 0 aliphatic carbocycles. The van der Waals surface area contributed by atoms with Crippen molar-refractivity contribution in [3.63, 3.8) is 0 Å². The standard InChI is InChI=1S/C15H19NO2S2/c1-15(2,17)14-12(9-18-3)16-13(20-14)10-19-11-7-5-4-6-8-11/h4-8,17H,9-10H2,1-3H3. The highest BCUT2D eigenvalue weighted by atomic mass is 32.2. The SMILES string of the molecule is COCc1nc(CSc2ccccc2)sc1C(C)(C)O. The second-order valence-corrected chi connectivity index (χ2v) is 7.11. The number of hydrogen-bond donors (Lipinski definition) is 1. The molecule has 0 fully saturated rings. The number of ether oxygens (including phenoxy) is 1. The number of benzene rings is 1. The topological polar surface area (TPSA) is 42.4 Å². The van der Waals surface area contributed by atoms with E-state index in [1.165, 1.54) is 4.90 Å². The van der Waals surface area contributed by atoms with Gasteiger partial charge in [0.25, 0.3) is 0 Å². The molecular weight excluding hydrogens is 290 g/mol. The van der Waals surface area contributed by atoms with Gasteiger partial charge in [-0.3, -0.25) is 0 Å². The average Bonchev–Trinajstić information content (AvgIpc) is 2.81. The molecule has 1 heterocycles. The van der Waals surface area contributed by atoms with E-state index in [4.69, 9.17) is 4.74 Å². The molecule has 2 rings (SSSR count). The molecule has 1 aromatic heterocycles. The van der Waals surface area contributed by atoms with Crippen LogP contribution in [-0.4, -0.2) is 17.2 Å². The number of rotatable bonds is 6. The van der Waals surface area contributed by atoms with Crippen molar-refractivity contribution in [2.75, 3.05) is 7.11 Å². The number of hydrogen-bond acceptors (Lipinski definition) is 5. The van der Waals surface area contributed by atoms with E-state index in [-0.39, 0.29) is 0 Å². The molecule has 5 heteroatoms. The number of thiazole rings is 1. The van der Waals surface area contributed by atoms with E-state index in [2.05, 4.69) is 17.1 Å². The van der Waals surface area contributed by atoms with Crippen molar-refractivity contribution < 1.29 is 9.84 Å². The van der Waals surface area contributed by atoms with E-state index >= 15 is 0 Å². The molecule has 0 aliphatic heterocycles. The second kappa shape index (κ2) is 6.72. The Kier molecular flexibility index (Phi) is 5.21. The van der Waals surface area contributed by atoms with Gasteiger partial charge in [0.2, 0.25) is 0 Å². The molecule has 0 saturated heterocycles. The van der Waals surface area contributed by atoms with Crippen LogP contribution in [-0.2, 0) is 22.7 Å². The maximum atomic E-state index is 10.2. The van der Waals surface area contributed by atoms with Crippen molar-refractivity contribution in [1.82, 2.24) is 4.98 Å². The number of thioether (sulfide) groups is 1. The predicted octanol–water partition coefficient (Wildman–Crippen LogP) is 3.81. The molecule has 0 amide bonds. The van der Waals surface area contributed by atoms with Crippen LogP contribution in [0.15, 0.2) is 35.2 Å². The van der Waals surface area contributed by atoms with Crippen LogP contribution < -0.4 is 0 Å². The monoisotopic (exact) mass is 309 g/mol. The third-order valence-corrected chi connectivity index (χ3v) is 5.30. The summed E-state index contributed by atoms with van der Waals surface area (Å²) in [4.78, 5) is 6.71. The minimum absolute atomic E-state index is 0.436. The van der Waals surface area contributed by atoms with Crippen molar-refractivity contribution in [2.24, 2.45) is 0 Å². The van der Waals surface area contributed by atoms with Gasteiger partial charge in [-0.25, -0.2) is 4.98 Å². The van der Waals surface area contributed by atoms with Crippen LogP contribution in [0, 0.1) is 0 Å². The normalized spacial score (nSPS) is 11.8. The maximum absolute atomic E-state index is 10.2. The molecule has 0 unspecified atom stereocenters. The Morgan fingerprint density at radius 2 is 2.00 bits per heavy atom. The molecule has 0 aliphatic rings. The Hall–Kier alpha value is -0.880. The van der Waals surface area contributed by atoms with Crippen molar-refractivity contribution in [2.45, 2.75) is 36.7 Å². The van der Waals surface area contributed by atoms with E-state index in [1.807, 2.05) is 18.2 Å². The lowest BCUT2D eigenvalue weighted by Gasteiger charge is -2.16. The molecule has 0 radical (unpaired) electrons. The number of nitrogens with zero attached hydrogens (tertiary/aromatic N) is 1. The molecule has 1 aromatic carbocycles.